The highest BCUT2D eigenvalue weighted by atomic mass is 35.5. The summed E-state index contributed by atoms with van der Waals surface area (Å²) >= 11 is 5.86. The van der Waals surface area contributed by atoms with Crippen molar-refractivity contribution in [2.45, 2.75) is 0 Å². The Hall–Kier alpha value is -1.06. The van der Waals surface area contributed by atoms with Crippen LogP contribution in [0, 0.1) is 0 Å². The predicted molar refractivity (Wildman–Crippen MR) is 54.2 cm³/mol. The van der Waals surface area contributed by atoms with Crippen LogP contribution in [0.1, 0.15) is 10.4 Å². The summed E-state index contributed by atoms with van der Waals surface area (Å²) in [6.45, 7) is 0.947. The van der Waals surface area contributed by atoms with Crippen LogP contribution in [-0.2, 0) is 4.74 Å². The lowest BCUT2D eigenvalue weighted by Gasteiger charge is -2.07. The number of methoxy groups -OCH3 is 1. The molecule has 0 aliphatic heterocycles. The minimum absolute atomic E-state index is 0.436. The number of hydrogen-bond donors (Lipinski definition) is 0. The zero-order valence-corrected chi connectivity index (χ0v) is 8.58. The monoisotopic (exact) mass is 214 g/mol. The molecule has 1 aromatic rings. The number of benzene rings is 1. The molecule has 0 aliphatic carbocycles. The first-order valence-electron chi connectivity index (χ1n) is 4.14. The number of halogens is 1. The molecule has 14 heavy (non-hydrogen) atoms. The van der Waals surface area contributed by atoms with Gasteiger partial charge in [0.15, 0.2) is 0 Å². The quantitative estimate of drug-likeness (QED) is 0.557. The summed E-state index contributed by atoms with van der Waals surface area (Å²) in [5.41, 5.74) is 0.536. The third-order valence-electron chi connectivity index (χ3n) is 1.64. The summed E-state index contributed by atoms with van der Waals surface area (Å²) in [5.74, 6) is 0.564. The van der Waals surface area contributed by atoms with Gasteiger partial charge in [-0.1, -0.05) is 11.6 Å². The van der Waals surface area contributed by atoms with Crippen LogP contribution >= 0.6 is 11.6 Å². The number of aldehydes is 1. The van der Waals surface area contributed by atoms with Crippen LogP contribution in [-0.4, -0.2) is 26.6 Å². The van der Waals surface area contributed by atoms with Gasteiger partial charge in [0.1, 0.15) is 18.6 Å². The average molecular weight is 215 g/mol. The van der Waals surface area contributed by atoms with Gasteiger partial charge in [0.05, 0.1) is 11.6 Å². The van der Waals surface area contributed by atoms with Crippen molar-refractivity contribution in [1.29, 1.82) is 0 Å². The van der Waals surface area contributed by atoms with Gasteiger partial charge >= 0.3 is 0 Å². The highest BCUT2D eigenvalue weighted by Gasteiger charge is 2.01. The van der Waals surface area contributed by atoms with E-state index in [1.54, 1.807) is 25.3 Å². The smallest absolute Gasteiger partial charge is 0.150 e. The Labute approximate surface area is 87.6 Å². The summed E-state index contributed by atoms with van der Waals surface area (Å²) in [6, 6.07) is 4.89. The molecule has 1 rings (SSSR count). The lowest BCUT2D eigenvalue weighted by atomic mass is 10.2. The van der Waals surface area contributed by atoms with Gasteiger partial charge in [0.25, 0.3) is 0 Å². The first-order chi connectivity index (χ1) is 6.77. The second-order valence-electron chi connectivity index (χ2n) is 2.65. The molecule has 1 aromatic carbocycles. The normalized spacial score (nSPS) is 9.86. The van der Waals surface area contributed by atoms with E-state index in [0.717, 1.165) is 6.29 Å². The molecule has 3 nitrogen and oxygen atoms in total. The third-order valence-corrected chi connectivity index (χ3v) is 1.93. The molecule has 0 fully saturated rings. The lowest BCUT2D eigenvalue weighted by molar-refractivity contribution is 0.112. The van der Waals surface area contributed by atoms with Gasteiger partial charge in [-0.2, -0.15) is 0 Å². The average Bonchev–Trinajstić information content (AvgIpc) is 2.20. The number of hydrogen-bond acceptors (Lipinski definition) is 3. The van der Waals surface area contributed by atoms with E-state index in [9.17, 15) is 4.79 Å². The number of carbonyl (C=O) groups is 1. The predicted octanol–water partition coefficient (Wildman–Crippen LogP) is 2.18. The lowest BCUT2D eigenvalue weighted by Crippen LogP contribution is -2.04. The molecule has 0 saturated heterocycles. The van der Waals surface area contributed by atoms with Crippen LogP contribution in [0.4, 0.5) is 0 Å². The van der Waals surface area contributed by atoms with Gasteiger partial charge in [-0.05, 0) is 18.2 Å². The maximum Gasteiger partial charge on any atom is 0.150 e. The Kier molecular flexibility index (Phi) is 4.43. The molecule has 0 saturated carbocycles. The van der Waals surface area contributed by atoms with Crippen LogP contribution in [0.15, 0.2) is 18.2 Å². The van der Waals surface area contributed by atoms with E-state index in [2.05, 4.69) is 0 Å². The van der Waals surface area contributed by atoms with Crippen LogP contribution in [0.2, 0.25) is 5.02 Å². The minimum Gasteiger partial charge on any atom is -0.490 e. The summed E-state index contributed by atoms with van der Waals surface area (Å²) in [5, 5.41) is 0.436. The standard InChI is InChI=1S/C10H11ClO3/c1-13-4-5-14-10-3-2-8(7-12)6-9(10)11/h2-3,6-7H,4-5H2,1H3. The summed E-state index contributed by atoms with van der Waals surface area (Å²) in [4.78, 5) is 10.4. The Bertz CT molecular complexity index is 312. The Balaban J connectivity index is 2.64. The van der Waals surface area contributed by atoms with Crippen molar-refractivity contribution in [3.63, 3.8) is 0 Å². The van der Waals surface area contributed by atoms with Crippen molar-refractivity contribution < 1.29 is 14.3 Å². The number of rotatable bonds is 5. The molecule has 0 unspecified atom stereocenters. The van der Waals surface area contributed by atoms with Crippen molar-refractivity contribution in [2.24, 2.45) is 0 Å². The molecule has 0 atom stereocenters. The molecule has 0 aromatic heterocycles. The van der Waals surface area contributed by atoms with Gasteiger partial charge in [-0.25, -0.2) is 0 Å². The Morgan fingerprint density at radius 3 is 2.79 bits per heavy atom. The molecular weight excluding hydrogens is 204 g/mol. The number of carbonyl (C=O) groups excluding carboxylic acids is 1. The highest BCUT2D eigenvalue weighted by Crippen LogP contribution is 2.24. The van der Waals surface area contributed by atoms with Crippen LogP contribution in [0.3, 0.4) is 0 Å². The molecule has 0 heterocycles. The fourth-order valence-corrected chi connectivity index (χ4v) is 1.19. The van der Waals surface area contributed by atoms with E-state index in [4.69, 9.17) is 21.1 Å². The molecule has 0 radical (unpaired) electrons. The van der Waals surface area contributed by atoms with E-state index >= 15 is 0 Å². The third kappa shape index (κ3) is 3.01. The molecular formula is C10H11ClO3. The summed E-state index contributed by atoms with van der Waals surface area (Å²) in [6.07, 6.45) is 0.741. The van der Waals surface area contributed by atoms with Crippen LogP contribution < -0.4 is 4.74 Å². The van der Waals surface area contributed by atoms with Gasteiger partial charge in [-0.3, -0.25) is 4.79 Å². The van der Waals surface area contributed by atoms with Gasteiger partial charge in [0, 0.05) is 12.7 Å². The zero-order chi connectivity index (χ0) is 10.4. The van der Waals surface area contributed by atoms with E-state index in [1.165, 1.54) is 0 Å². The van der Waals surface area contributed by atoms with Gasteiger partial charge in [0.2, 0.25) is 0 Å². The SMILES string of the molecule is COCCOc1ccc(C=O)cc1Cl. The summed E-state index contributed by atoms with van der Waals surface area (Å²) in [7, 11) is 1.60. The fourth-order valence-electron chi connectivity index (χ4n) is 0.942. The van der Waals surface area contributed by atoms with E-state index < -0.39 is 0 Å². The minimum atomic E-state index is 0.436. The molecule has 0 N–H and O–H groups in total. The van der Waals surface area contributed by atoms with E-state index in [1.807, 2.05) is 0 Å². The van der Waals surface area contributed by atoms with Crippen molar-refractivity contribution in [1.82, 2.24) is 0 Å². The molecule has 76 valence electrons. The van der Waals surface area contributed by atoms with E-state index in [-0.39, 0.29) is 0 Å². The topological polar surface area (TPSA) is 35.5 Å². The first-order valence-corrected chi connectivity index (χ1v) is 4.52. The van der Waals surface area contributed by atoms with Crippen molar-refractivity contribution >= 4 is 17.9 Å². The fraction of sp³-hybridized carbons (Fsp3) is 0.300. The largest absolute Gasteiger partial charge is 0.490 e. The molecule has 0 spiro atoms. The van der Waals surface area contributed by atoms with Crippen molar-refractivity contribution in [3.8, 4) is 5.75 Å². The maximum atomic E-state index is 10.4. The summed E-state index contributed by atoms with van der Waals surface area (Å²) < 4.78 is 10.1. The van der Waals surface area contributed by atoms with Crippen molar-refractivity contribution in [3.05, 3.63) is 28.8 Å². The van der Waals surface area contributed by atoms with Gasteiger partial charge in [-0.15, -0.1) is 0 Å². The molecule has 0 bridgehead atoms. The maximum absolute atomic E-state index is 10.4. The zero-order valence-electron chi connectivity index (χ0n) is 7.83. The Morgan fingerprint density at radius 1 is 1.43 bits per heavy atom. The number of ether oxygens (including phenoxy) is 2. The second-order valence-corrected chi connectivity index (χ2v) is 3.06. The Morgan fingerprint density at radius 2 is 2.21 bits per heavy atom. The van der Waals surface area contributed by atoms with Crippen molar-refractivity contribution in [2.75, 3.05) is 20.3 Å². The van der Waals surface area contributed by atoms with Crippen LogP contribution in [0.25, 0.3) is 0 Å². The molecule has 4 heteroatoms. The molecule has 0 amide bonds. The van der Waals surface area contributed by atoms with E-state index in [0.29, 0.717) is 29.5 Å². The highest BCUT2D eigenvalue weighted by molar-refractivity contribution is 6.32. The first kappa shape index (κ1) is 11.0. The second kappa shape index (κ2) is 5.62. The van der Waals surface area contributed by atoms with Crippen LogP contribution in [0.5, 0.6) is 5.75 Å². The molecule has 0 aliphatic rings. The van der Waals surface area contributed by atoms with Gasteiger partial charge < -0.3 is 9.47 Å².